The van der Waals surface area contributed by atoms with Crippen molar-refractivity contribution in [2.75, 3.05) is 0 Å². The molecule has 1 rings (SSSR count). The van der Waals surface area contributed by atoms with Crippen molar-refractivity contribution < 1.29 is 27.5 Å². The Balaban J connectivity index is 2.40. The smallest absolute Gasteiger partial charge is 0.369 e. The van der Waals surface area contributed by atoms with E-state index in [1.165, 1.54) is 0 Å². The van der Waals surface area contributed by atoms with Crippen LogP contribution in [0.15, 0.2) is 0 Å². The number of amides is 1. The molecule has 0 saturated heterocycles. The third kappa shape index (κ3) is 3.39. The number of hydrogen-bond donors (Lipinski definition) is 1. The largest absolute Gasteiger partial charge is 0.491 e. The Morgan fingerprint density at radius 1 is 1.38 bits per heavy atom. The van der Waals surface area contributed by atoms with Gasteiger partial charge in [0.1, 0.15) is 0 Å². The summed E-state index contributed by atoms with van der Waals surface area (Å²) in [4.78, 5) is 21.3. The maximum atomic E-state index is 11.8. The Kier molecular flexibility index (Phi) is 3.44. The van der Waals surface area contributed by atoms with Gasteiger partial charge in [-0.2, -0.15) is 13.2 Å². The summed E-state index contributed by atoms with van der Waals surface area (Å²) in [7, 11) is 0. The molecule has 1 saturated carbocycles. The van der Waals surface area contributed by atoms with Gasteiger partial charge in [-0.1, -0.05) is 13.3 Å². The third-order valence-corrected chi connectivity index (χ3v) is 2.37. The molecule has 0 aromatic rings. The number of halogens is 3. The predicted octanol–water partition coefficient (Wildman–Crippen LogP) is 2.13. The molecule has 0 atom stereocenters. The summed E-state index contributed by atoms with van der Waals surface area (Å²) in [6.45, 7) is 1.90. The zero-order valence-corrected chi connectivity index (χ0v) is 8.69. The van der Waals surface area contributed by atoms with E-state index >= 15 is 0 Å². The Bertz CT molecular complexity index is 297. The molecule has 1 fully saturated rings. The number of esters is 1. The van der Waals surface area contributed by atoms with E-state index in [0.29, 0.717) is 19.3 Å². The van der Waals surface area contributed by atoms with E-state index in [9.17, 15) is 22.8 Å². The summed E-state index contributed by atoms with van der Waals surface area (Å²) in [6.07, 6.45) is -3.59. The zero-order valence-electron chi connectivity index (χ0n) is 8.69. The van der Waals surface area contributed by atoms with E-state index in [-0.39, 0.29) is 0 Å². The fourth-order valence-corrected chi connectivity index (χ4v) is 1.45. The molecule has 1 amide bonds. The first-order chi connectivity index (χ1) is 7.29. The highest BCUT2D eigenvalue weighted by molar-refractivity contribution is 5.88. The average molecular weight is 239 g/mol. The van der Waals surface area contributed by atoms with Gasteiger partial charge in [0.25, 0.3) is 0 Å². The second kappa shape index (κ2) is 4.31. The van der Waals surface area contributed by atoms with E-state index < -0.39 is 23.8 Å². The molecule has 0 unspecified atom stereocenters. The molecular weight excluding hydrogens is 227 g/mol. The van der Waals surface area contributed by atoms with Crippen LogP contribution in [0.4, 0.5) is 18.0 Å². The molecule has 0 bridgehead atoms. The highest BCUT2D eigenvalue weighted by atomic mass is 19.4. The van der Waals surface area contributed by atoms with Crippen LogP contribution < -0.4 is 5.32 Å². The molecule has 16 heavy (non-hydrogen) atoms. The van der Waals surface area contributed by atoms with Gasteiger partial charge in [0.05, 0.1) is 0 Å². The minimum absolute atomic E-state index is 0.461. The van der Waals surface area contributed by atoms with Crippen molar-refractivity contribution in [3.63, 3.8) is 0 Å². The van der Waals surface area contributed by atoms with Crippen molar-refractivity contribution in [1.82, 2.24) is 5.32 Å². The van der Waals surface area contributed by atoms with Crippen molar-refractivity contribution >= 4 is 12.1 Å². The molecule has 7 heteroatoms. The number of alkyl carbamates (subject to hydrolysis) is 1. The summed E-state index contributed by atoms with van der Waals surface area (Å²) in [5.74, 6) is -2.49. The molecule has 1 aliphatic carbocycles. The highest BCUT2D eigenvalue weighted by Crippen LogP contribution is 2.39. The molecule has 0 aliphatic heterocycles. The van der Waals surface area contributed by atoms with E-state index in [1.807, 2.05) is 6.92 Å². The lowest BCUT2D eigenvalue weighted by Gasteiger charge is -2.15. The van der Waals surface area contributed by atoms with Crippen LogP contribution in [0.2, 0.25) is 0 Å². The Labute approximate surface area is 90.1 Å². The number of ether oxygens (including phenoxy) is 1. The maximum absolute atomic E-state index is 11.8. The highest BCUT2D eigenvalue weighted by Gasteiger charge is 2.46. The molecular formula is C9H12F3NO3. The number of carbonyl (C=O) groups is 2. The summed E-state index contributed by atoms with van der Waals surface area (Å²) in [6, 6.07) is 0. The van der Waals surface area contributed by atoms with Gasteiger partial charge in [-0.3, -0.25) is 0 Å². The first-order valence-corrected chi connectivity index (χ1v) is 4.90. The van der Waals surface area contributed by atoms with Gasteiger partial charge in [0.2, 0.25) is 0 Å². The Morgan fingerprint density at radius 2 is 1.94 bits per heavy atom. The number of carbonyl (C=O) groups excluding carboxylic acids is 2. The van der Waals surface area contributed by atoms with Gasteiger partial charge in [0.15, 0.2) is 0 Å². The van der Waals surface area contributed by atoms with Crippen LogP contribution in [-0.2, 0) is 9.53 Å². The van der Waals surface area contributed by atoms with Crippen molar-refractivity contribution in [3.05, 3.63) is 0 Å². The monoisotopic (exact) mass is 239 g/mol. The fourth-order valence-electron chi connectivity index (χ4n) is 1.45. The van der Waals surface area contributed by atoms with Crippen molar-refractivity contribution in [2.24, 2.45) is 0 Å². The van der Waals surface area contributed by atoms with Gasteiger partial charge in [-0.15, -0.1) is 0 Å². The van der Waals surface area contributed by atoms with Gasteiger partial charge in [0, 0.05) is 5.54 Å². The van der Waals surface area contributed by atoms with Gasteiger partial charge >= 0.3 is 18.2 Å². The minimum atomic E-state index is -5.14. The summed E-state index contributed by atoms with van der Waals surface area (Å²) >= 11 is 0. The zero-order chi connectivity index (χ0) is 12.4. The van der Waals surface area contributed by atoms with Crippen molar-refractivity contribution in [3.8, 4) is 0 Å². The van der Waals surface area contributed by atoms with Crippen LogP contribution in [0.1, 0.15) is 32.6 Å². The first-order valence-electron chi connectivity index (χ1n) is 4.90. The van der Waals surface area contributed by atoms with Crippen LogP contribution in [0.25, 0.3) is 0 Å². The molecule has 0 aromatic carbocycles. The number of nitrogens with one attached hydrogen (secondary N) is 1. The molecule has 0 heterocycles. The normalized spacial score (nSPS) is 17.8. The summed E-state index contributed by atoms with van der Waals surface area (Å²) in [5.41, 5.74) is -0.461. The topological polar surface area (TPSA) is 55.4 Å². The summed E-state index contributed by atoms with van der Waals surface area (Å²) in [5, 5.41) is 2.29. The van der Waals surface area contributed by atoms with Crippen LogP contribution in [0.3, 0.4) is 0 Å². The second-order valence-corrected chi connectivity index (χ2v) is 3.83. The third-order valence-electron chi connectivity index (χ3n) is 2.37. The second-order valence-electron chi connectivity index (χ2n) is 3.83. The lowest BCUT2D eigenvalue weighted by atomic mass is 10.1. The number of alkyl halides is 3. The van der Waals surface area contributed by atoms with Crippen LogP contribution in [0.5, 0.6) is 0 Å². The number of hydrogen-bond acceptors (Lipinski definition) is 3. The molecule has 0 radical (unpaired) electrons. The van der Waals surface area contributed by atoms with Crippen LogP contribution in [-0.4, -0.2) is 23.8 Å². The average Bonchev–Trinajstić information content (AvgIpc) is 2.83. The van der Waals surface area contributed by atoms with Crippen molar-refractivity contribution in [2.45, 2.75) is 44.3 Å². The lowest BCUT2D eigenvalue weighted by Crippen LogP contribution is -2.40. The quantitative estimate of drug-likeness (QED) is 0.606. The molecule has 0 spiro atoms. The molecule has 1 aliphatic rings. The molecule has 0 aromatic heterocycles. The fraction of sp³-hybridized carbons (Fsp3) is 0.778. The van der Waals surface area contributed by atoms with E-state index in [0.717, 1.165) is 6.42 Å². The van der Waals surface area contributed by atoms with E-state index in [1.54, 1.807) is 0 Å². The SMILES string of the molecule is CCCC1(NC(=O)OC(=O)C(F)(F)F)CC1. The van der Waals surface area contributed by atoms with Crippen LogP contribution >= 0.6 is 0 Å². The van der Waals surface area contributed by atoms with Crippen molar-refractivity contribution in [1.29, 1.82) is 0 Å². The molecule has 4 nitrogen and oxygen atoms in total. The standard InChI is InChI=1S/C9H12F3NO3/c1-2-3-8(4-5-8)13-7(15)16-6(14)9(10,11)12/h2-5H2,1H3,(H,13,15). The lowest BCUT2D eigenvalue weighted by molar-refractivity contribution is -0.192. The first kappa shape index (κ1) is 12.8. The summed E-state index contributed by atoms with van der Waals surface area (Å²) < 4.78 is 38.9. The minimum Gasteiger partial charge on any atom is -0.369 e. The van der Waals surface area contributed by atoms with E-state index in [4.69, 9.17) is 0 Å². The number of rotatable bonds is 3. The van der Waals surface area contributed by atoms with Gasteiger partial charge in [-0.25, -0.2) is 9.59 Å². The maximum Gasteiger partial charge on any atom is 0.491 e. The predicted molar refractivity (Wildman–Crippen MR) is 47.6 cm³/mol. The van der Waals surface area contributed by atoms with Gasteiger partial charge < -0.3 is 10.1 Å². The van der Waals surface area contributed by atoms with Gasteiger partial charge in [-0.05, 0) is 19.3 Å². The molecule has 1 N–H and O–H groups in total. The van der Waals surface area contributed by atoms with E-state index in [2.05, 4.69) is 10.1 Å². The van der Waals surface area contributed by atoms with Crippen LogP contribution in [0, 0.1) is 0 Å². The molecule has 92 valence electrons. The Morgan fingerprint density at radius 3 is 2.31 bits per heavy atom. The Hall–Kier alpha value is -1.27.